The van der Waals surface area contributed by atoms with E-state index in [1.54, 1.807) is 0 Å². The zero-order valence-corrected chi connectivity index (χ0v) is 12.9. The summed E-state index contributed by atoms with van der Waals surface area (Å²) in [6, 6.07) is 1.33. The summed E-state index contributed by atoms with van der Waals surface area (Å²) in [5.41, 5.74) is 0. The molecule has 0 aliphatic heterocycles. The van der Waals surface area contributed by atoms with Gasteiger partial charge >= 0.3 is 0 Å². The van der Waals surface area contributed by atoms with Crippen molar-refractivity contribution in [2.45, 2.75) is 72.9 Å². The molecule has 0 radical (unpaired) electrons. The lowest BCUT2D eigenvalue weighted by Crippen LogP contribution is -2.39. The highest BCUT2D eigenvalue weighted by Crippen LogP contribution is 2.06. The van der Waals surface area contributed by atoms with Gasteiger partial charge in [0.15, 0.2) is 0 Å². The molecule has 1 atom stereocenters. The molecule has 1 N–H and O–H groups in total. The van der Waals surface area contributed by atoms with Crippen LogP contribution in [-0.4, -0.2) is 36.6 Å². The Balaban J connectivity index is 3.65. The van der Waals surface area contributed by atoms with Gasteiger partial charge in [-0.3, -0.25) is 4.90 Å². The Labute approximate surface area is 109 Å². The van der Waals surface area contributed by atoms with Crippen molar-refractivity contribution in [3.63, 3.8) is 0 Å². The first-order chi connectivity index (χ1) is 7.97. The van der Waals surface area contributed by atoms with Gasteiger partial charge in [0.2, 0.25) is 0 Å². The van der Waals surface area contributed by atoms with Gasteiger partial charge in [0, 0.05) is 25.2 Å². The van der Waals surface area contributed by atoms with Gasteiger partial charge in [-0.25, -0.2) is 0 Å². The van der Waals surface area contributed by atoms with Crippen LogP contribution in [-0.2, 0) is 0 Å². The van der Waals surface area contributed by atoms with E-state index >= 15 is 0 Å². The average Bonchev–Trinajstić information content (AvgIpc) is 2.25. The van der Waals surface area contributed by atoms with Crippen LogP contribution in [0.4, 0.5) is 0 Å². The van der Waals surface area contributed by atoms with E-state index in [-0.39, 0.29) is 0 Å². The Morgan fingerprint density at radius 3 is 2.06 bits per heavy atom. The Hall–Kier alpha value is -0.0800. The van der Waals surface area contributed by atoms with Crippen LogP contribution in [0, 0.1) is 5.92 Å². The zero-order chi connectivity index (χ0) is 13.3. The van der Waals surface area contributed by atoms with Gasteiger partial charge in [-0.1, -0.05) is 20.8 Å². The minimum absolute atomic E-state index is 0.660. The molecule has 2 heteroatoms. The van der Waals surface area contributed by atoms with Crippen molar-refractivity contribution in [1.82, 2.24) is 10.2 Å². The molecule has 17 heavy (non-hydrogen) atoms. The monoisotopic (exact) mass is 242 g/mol. The van der Waals surface area contributed by atoms with Gasteiger partial charge in [0.1, 0.15) is 0 Å². The second-order valence-corrected chi connectivity index (χ2v) is 5.96. The van der Waals surface area contributed by atoms with Crippen molar-refractivity contribution in [3.8, 4) is 0 Å². The first kappa shape index (κ1) is 16.9. The molecule has 0 heterocycles. The number of nitrogens with one attached hydrogen (secondary N) is 1. The molecule has 0 aliphatic carbocycles. The third-order valence-corrected chi connectivity index (χ3v) is 3.31. The standard InChI is InChI=1S/C15H34N2/c1-7-11-17(14(4)5)12-10-16-15(6)9-8-13(2)3/h13-16H,7-12H2,1-6H3. The largest absolute Gasteiger partial charge is 0.313 e. The number of hydrogen-bond acceptors (Lipinski definition) is 2. The lowest BCUT2D eigenvalue weighted by Gasteiger charge is -2.27. The number of nitrogens with zero attached hydrogens (tertiary/aromatic N) is 1. The van der Waals surface area contributed by atoms with Gasteiger partial charge < -0.3 is 5.32 Å². The van der Waals surface area contributed by atoms with Gasteiger partial charge in [-0.05, 0) is 52.5 Å². The first-order valence-corrected chi connectivity index (χ1v) is 7.44. The zero-order valence-electron chi connectivity index (χ0n) is 12.9. The van der Waals surface area contributed by atoms with Gasteiger partial charge in [0.25, 0.3) is 0 Å². The van der Waals surface area contributed by atoms with Crippen molar-refractivity contribution in [2.75, 3.05) is 19.6 Å². The quantitative estimate of drug-likeness (QED) is 0.630. The highest BCUT2D eigenvalue weighted by atomic mass is 15.2. The fraction of sp³-hybridized carbons (Fsp3) is 1.00. The third kappa shape index (κ3) is 9.61. The van der Waals surface area contributed by atoms with Crippen molar-refractivity contribution in [3.05, 3.63) is 0 Å². The molecule has 0 aromatic carbocycles. The molecule has 0 bridgehead atoms. The van der Waals surface area contributed by atoms with Crippen LogP contribution in [0.25, 0.3) is 0 Å². The molecule has 0 fully saturated rings. The normalized spacial score (nSPS) is 13.9. The van der Waals surface area contributed by atoms with Crippen LogP contribution in [0.5, 0.6) is 0 Å². The van der Waals surface area contributed by atoms with Crippen LogP contribution in [0.15, 0.2) is 0 Å². The van der Waals surface area contributed by atoms with Crippen LogP contribution in [0.3, 0.4) is 0 Å². The van der Waals surface area contributed by atoms with E-state index in [1.807, 2.05) is 0 Å². The maximum atomic E-state index is 3.64. The lowest BCUT2D eigenvalue weighted by atomic mass is 10.0. The van der Waals surface area contributed by atoms with E-state index < -0.39 is 0 Å². The Kier molecular flexibility index (Phi) is 9.85. The van der Waals surface area contributed by atoms with Crippen LogP contribution >= 0.6 is 0 Å². The summed E-state index contributed by atoms with van der Waals surface area (Å²) in [5.74, 6) is 0.825. The van der Waals surface area contributed by atoms with E-state index in [1.165, 1.54) is 32.4 Å². The molecule has 0 amide bonds. The predicted octanol–water partition coefficient (Wildman–Crippen LogP) is 3.52. The molecule has 2 nitrogen and oxygen atoms in total. The summed E-state index contributed by atoms with van der Waals surface area (Å²) < 4.78 is 0. The maximum Gasteiger partial charge on any atom is 0.0110 e. The van der Waals surface area contributed by atoms with Crippen molar-refractivity contribution in [1.29, 1.82) is 0 Å². The number of hydrogen-bond donors (Lipinski definition) is 1. The summed E-state index contributed by atoms with van der Waals surface area (Å²) in [5, 5.41) is 3.64. The fourth-order valence-electron chi connectivity index (χ4n) is 2.06. The smallest absolute Gasteiger partial charge is 0.0110 e. The van der Waals surface area contributed by atoms with E-state index in [2.05, 4.69) is 51.8 Å². The molecule has 0 rings (SSSR count). The SMILES string of the molecule is CCCN(CCNC(C)CCC(C)C)C(C)C. The molecule has 0 saturated carbocycles. The minimum atomic E-state index is 0.660. The van der Waals surface area contributed by atoms with Gasteiger partial charge in [-0.2, -0.15) is 0 Å². The predicted molar refractivity (Wildman–Crippen MR) is 78.5 cm³/mol. The first-order valence-electron chi connectivity index (χ1n) is 7.44. The Morgan fingerprint density at radius 2 is 1.59 bits per heavy atom. The van der Waals surface area contributed by atoms with Crippen LogP contribution in [0.1, 0.15) is 60.8 Å². The molecule has 104 valence electrons. The molecule has 1 unspecified atom stereocenters. The lowest BCUT2D eigenvalue weighted by molar-refractivity contribution is 0.219. The summed E-state index contributed by atoms with van der Waals surface area (Å²) >= 11 is 0. The van der Waals surface area contributed by atoms with E-state index in [9.17, 15) is 0 Å². The minimum Gasteiger partial charge on any atom is -0.313 e. The van der Waals surface area contributed by atoms with Gasteiger partial charge in [-0.15, -0.1) is 0 Å². The second-order valence-electron chi connectivity index (χ2n) is 5.96. The van der Waals surface area contributed by atoms with Crippen molar-refractivity contribution in [2.24, 2.45) is 5.92 Å². The van der Waals surface area contributed by atoms with Gasteiger partial charge in [0.05, 0.1) is 0 Å². The molecule has 0 saturated heterocycles. The van der Waals surface area contributed by atoms with Crippen molar-refractivity contribution < 1.29 is 0 Å². The molecule has 0 spiro atoms. The summed E-state index contributed by atoms with van der Waals surface area (Å²) in [7, 11) is 0. The summed E-state index contributed by atoms with van der Waals surface area (Å²) in [6.45, 7) is 17.3. The summed E-state index contributed by atoms with van der Waals surface area (Å²) in [6.07, 6.45) is 3.88. The van der Waals surface area contributed by atoms with Crippen molar-refractivity contribution >= 4 is 0 Å². The van der Waals surface area contributed by atoms with Crippen LogP contribution in [0.2, 0.25) is 0 Å². The van der Waals surface area contributed by atoms with Crippen LogP contribution < -0.4 is 5.32 Å². The fourth-order valence-corrected chi connectivity index (χ4v) is 2.06. The molecule has 0 aromatic rings. The molecule has 0 aliphatic rings. The average molecular weight is 242 g/mol. The van der Waals surface area contributed by atoms with E-state index in [0.717, 1.165) is 12.5 Å². The molecular formula is C15H34N2. The second kappa shape index (κ2) is 9.90. The Bertz CT molecular complexity index is 166. The van der Waals surface area contributed by atoms with E-state index in [0.29, 0.717) is 12.1 Å². The summed E-state index contributed by atoms with van der Waals surface area (Å²) in [4.78, 5) is 2.56. The highest BCUT2D eigenvalue weighted by molar-refractivity contribution is 4.67. The van der Waals surface area contributed by atoms with E-state index in [4.69, 9.17) is 0 Å². The topological polar surface area (TPSA) is 15.3 Å². The highest BCUT2D eigenvalue weighted by Gasteiger charge is 2.08. The Morgan fingerprint density at radius 1 is 0.941 bits per heavy atom. The number of rotatable bonds is 10. The maximum absolute atomic E-state index is 3.64. The molecular weight excluding hydrogens is 208 g/mol. The molecule has 0 aromatic heterocycles. The third-order valence-electron chi connectivity index (χ3n) is 3.31.